The lowest BCUT2D eigenvalue weighted by Crippen LogP contribution is -2.32. The maximum atomic E-state index is 5.90. The molecular formula is C12H13ClN2. The van der Waals surface area contributed by atoms with E-state index in [0.29, 0.717) is 17.2 Å². The van der Waals surface area contributed by atoms with E-state index in [4.69, 9.17) is 11.6 Å². The molecule has 1 fully saturated rings. The van der Waals surface area contributed by atoms with E-state index in [1.54, 1.807) is 0 Å². The van der Waals surface area contributed by atoms with Gasteiger partial charge in [-0.15, -0.1) is 0 Å². The summed E-state index contributed by atoms with van der Waals surface area (Å²) in [7, 11) is 0. The fraction of sp³-hybridized carbons (Fsp3) is 0.417. The van der Waals surface area contributed by atoms with E-state index in [1.807, 2.05) is 18.2 Å². The number of halogens is 1. The van der Waals surface area contributed by atoms with Crippen molar-refractivity contribution < 1.29 is 0 Å². The van der Waals surface area contributed by atoms with Crippen LogP contribution in [0.4, 0.5) is 0 Å². The van der Waals surface area contributed by atoms with Gasteiger partial charge in [-0.1, -0.05) is 23.7 Å². The van der Waals surface area contributed by atoms with Gasteiger partial charge in [0.1, 0.15) is 5.15 Å². The van der Waals surface area contributed by atoms with Crippen LogP contribution in [0, 0.1) is 0 Å². The number of rotatable bonds is 1. The highest BCUT2D eigenvalue weighted by Gasteiger charge is 2.28. The summed E-state index contributed by atoms with van der Waals surface area (Å²) in [5.74, 6) is 0. The average molecular weight is 221 g/mol. The van der Waals surface area contributed by atoms with Gasteiger partial charge in [-0.3, -0.25) is 0 Å². The van der Waals surface area contributed by atoms with Gasteiger partial charge in [0, 0.05) is 12.1 Å². The average Bonchev–Trinajstić information content (AvgIpc) is 2.58. The van der Waals surface area contributed by atoms with E-state index in [1.165, 1.54) is 18.4 Å². The summed E-state index contributed by atoms with van der Waals surface area (Å²) in [6.45, 7) is 0. The number of hydrogen-bond acceptors (Lipinski definition) is 2. The first-order chi connectivity index (χ1) is 7.31. The SMILES string of the molecule is Clc1cccc(C2=CC3CCC(C2)N3)n1. The van der Waals surface area contributed by atoms with Crippen LogP contribution in [0.1, 0.15) is 25.0 Å². The summed E-state index contributed by atoms with van der Waals surface area (Å²) < 4.78 is 0. The molecule has 2 nitrogen and oxygen atoms in total. The molecule has 1 N–H and O–H groups in total. The Hall–Kier alpha value is -0.860. The second kappa shape index (κ2) is 3.62. The van der Waals surface area contributed by atoms with Crippen molar-refractivity contribution in [1.82, 2.24) is 10.3 Å². The number of nitrogens with zero attached hydrogens (tertiary/aromatic N) is 1. The van der Waals surface area contributed by atoms with Crippen LogP contribution < -0.4 is 5.32 Å². The molecule has 0 aliphatic carbocycles. The largest absolute Gasteiger partial charge is 0.307 e. The Morgan fingerprint density at radius 3 is 3.07 bits per heavy atom. The van der Waals surface area contributed by atoms with Crippen LogP contribution in [-0.2, 0) is 0 Å². The molecule has 0 aromatic carbocycles. The Morgan fingerprint density at radius 2 is 2.27 bits per heavy atom. The second-order valence-electron chi connectivity index (χ2n) is 4.29. The Balaban J connectivity index is 1.94. The molecule has 15 heavy (non-hydrogen) atoms. The molecule has 1 aromatic heterocycles. The minimum absolute atomic E-state index is 0.555. The number of fused-ring (bicyclic) bond motifs is 2. The van der Waals surface area contributed by atoms with Gasteiger partial charge in [-0.2, -0.15) is 0 Å². The van der Waals surface area contributed by atoms with Crippen LogP contribution in [0.2, 0.25) is 5.15 Å². The number of hydrogen-bond donors (Lipinski definition) is 1. The molecule has 2 atom stereocenters. The summed E-state index contributed by atoms with van der Waals surface area (Å²) in [6, 6.07) is 7.04. The topological polar surface area (TPSA) is 24.9 Å². The first-order valence-corrected chi connectivity index (χ1v) is 5.79. The molecule has 2 aliphatic heterocycles. The third-order valence-corrected chi connectivity index (χ3v) is 3.40. The predicted octanol–water partition coefficient (Wildman–Crippen LogP) is 2.64. The lowest BCUT2D eigenvalue weighted by Gasteiger charge is -2.20. The first-order valence-electron chi connectivity index (χ1n) is 5.41. The van der Waals surface area contributed by atoms with E-state index in [0.717, 1.165) is 12.1 Å². The van der Waals surface area contributed by atoms with Gasteiger partial charge in [0.2, 0.25) is 0 Å². The van der Waals surface area contributed by atoms with Crippen molar-refractivity contribution >= 4 is 17.2 Å². The van der Waals surface area contributed by atoms with Crippen molar-refractivity contribution in [2.45, 2.75) is 31.3 Å². The van der Waals surface area contributed by atoms with E-state index < -0.39 is 0 Å². The standard InChI is InChI=1S/C12H13ClN2/c13-12-3-1-2-11(15-12)8-6-9-4-5-10(7-8)14-9/h1-3,6,9-10,14H,4-5,7H2. The van der Waals surface area contributed by atoms with Crippen LogP contribution in [-0.4, -0.2) is 17.1 Å². The molecule has 3 heterocycles. The molecule has 2 bridgehead atoms. The second-order valence-corrected chi connectivity index (χ2v) is 4.68. The molecule has 3 heteroatoms. The lowest BCUT2D eigenvalue weighted by atomic mass is 10.0. The maximum Gasteiger partial charge on any atom is 0.129 e. The highest BCUT2D eigenvalue weighted by atomic mass is 35.5. The van der Waals surface area contributed by atoms with Crippen LogP contribution in [0.15, 0.2) is 24.3 Å². The first kappa shape index (κ1) is 9.37. The quantitative estimate of drug-likeness (QED) is 0.736. The molecule has 3 rings (SSSR count). The van der Waals surface area contributed by atoms with Crippen LogP contribution >= 0.6 is 11.6 Å². The van der Waals surface area contributed by atoms with Gasteiger partial charge in [0.15, 0.2) is 0 Å². The molecule has 2 aliphatic rings. The molecule has 1 aromatic rings. The highest BCUT2D eigenvalue weighted by Crippen LogP contribution is 2.31. The number of nitrogens with one attached hydrogen (secondary N) is 1. The molecule has 2 unspecified atom stereocenters. The van der Waals surface area contributed by atoms with Gasteiger partial charge in [-0.25, -0.2) is 4.98 Å². The van der Waals surface area contributed by atoms with Crippen LogP contribution in [0.25, 0.3) is 5.57 Å². The van der Waals surface area contributed by atoms with E-state index >= 15 is 0 Å². The van der Waals surface area contributed by atoms with Crippen LogP contribution in [0.5, 0.6) is 0 Å². The fourth-order valence-electron chi connectivity index (χ4n) is 2.50. The predicted molar refractivity (Wildman–Crippen MR) is 61.8 cm³/mol. The van der Waals surface area contributed by atoms with Crippen LogP contribution in [0.3, 0.4) is 0 Å². The molecular weight excluding hydrogens is 208 g/mol. The number of aromatic nitrogens is 1. The van der Waals surface area contributed by atoms with Gasteiger partial charge >= 0.3 is 0 Å². The Kier molecular flexibility index (Phi) is 2.26. The zero-order chi connectivity index (χ0) is 10.3. The molecule has 78 valence electrons. The third-order valence-electron chi connectivity index (χ3n) is 3.19. The summed E-state index contributed by atoms with van der Waals surface area (Å²) in [5, 5.41) is 4.15. The Morgan fingerprint density at radius 1 is 1.33 bits per heavy atom. The highest BCUT2D eigenvalue weighted by molar-refractivity contribution is 6.29. The monoisotopic (exact) mass is 220 g/mol. The normalized spacial score (nSPS) is 29.0. The number of pyridine rings is 1. The Bertz CT molecular complexity index is 414. The molecule has 0 spiro atoms. The summed E-state index contributed by atoms with van der Waals surface area (Å²) in [5.41, 5.74) is 2.39. The molecule has 1 saturated heterocycles. The van der Waals surface area contributed by atoms with Gasteiger partial charge in [-0.05, 0) is 37.0 Å². The third kappa shape index (κ3) is 1.80. The van der Waals surface area contributed by atoms with Crippen molar-refractivity contribution in [3.05, 3.63) is 35.1 Å². The zero-order valence-corrected chi connectivity index (χ0v) is 9.17. The summed E-state index contributed by atoms with van der Waals surface area (Å²) >= 11 is 5.90. The smallest absolute Gasteiger partial charge is 0.129 e. The minimum atomic E-state index is 0.555. The minimum Gasteiger partial charge on any atom is -0.307 e. The fourth-order valence-corrected chi connectivity index (χ4v) is 2.66. The van der Waals surface area contributed by atoms with Crippen molar-refractivity contribution in [3.8, 4) is 0 Å². The van der Waals surface area contributed by atoms with Gasteiger partial charge in [0.25, 0.3) is 0 Å². The van der Waals surface area contributed by atoms with Crippen molar-refractivity contribution in [3.63, 3.8) is 0 Å². The van der Waals surface area contributed by atoms with Crippen molar-refractivity contribution in [1.29, 1.82) is 0 Å². The van der Waals surface area contributed by atoms with Crippen molar-refractivity contribution in [2.24, 2.45) is 0 Å². The summed E-state index contributed by atoms with van der Waals surface area (Å²) in [6.07, 6.45) is 5.94. The molecule has 0 saturated carbocycles. The zero-order valence-electron chi connectivity index (χ0n) is 8.41. The lowest BCUT2D eigenvalue weighted by molar-refractivity contribution is 0.574. The molecule has 0 radical (unpaired) electrons. The maximum absolute atomic E-state index is 5.90. The van der Waals surface area contributed by atoms with Gasteiger partial charge < -0.3 is 5.32 Å². The summed E-state index contributed by atoms with van der Waals surface area (Å²) in [4.78, 5) is 4.36. The molecule has 0 amide bonds. The van der Waals surface area contributed by atoms with Gasteiger partial charge in [0.05, 0.1) is 5.69 Å². The van der Waals surface area contributed by atoms with E-state index in [9.17, 15) is 0 Å². The van der Waals surface area contributed by atoms with E-state index in [-0.39, 0.29) is 0 Å². The van der Waals surface area contributed by atoms with E-state index in [2.05, 4.69) is 16.4 Å². The van der Waals surface area contributed by atoms with Crippen molar-refractivity contribution in [2.75, 3.05) is 0 Å². The Labute approximate surface area is 94.4 Å².